The van der Waals surface area contributed by atoms with Crippen LogP contribution in [0.3, 0.4) is 0 Å². The average Bonchev–Trinajstić information content (AvgIpc) is 1.59. The number of nitrogen functional groups attached to an aromatic ring is 2. The number of nitrogens with two attached hydrogens (primary N) is 2. The second-order valence-corrected chi connectivity index (χ2v) is 38.4. The van der Waals surface area contributed by atoms with E-state index >= 15 is 0 Å². The van der Waals surface area contributed by atoms with Crippen molar-refractivity contribution in [2.24, 2.45) is 0 Å². The van der Waals surface area contributed by atoms with E-state index in [1.807, 2.05) is 152 Å². The third-order valence-electron chi connectivity index (χ3n) is 25.2. The maximum Gasteiger partial charge on any atom is 0.494 e. The van der Waals surface area contributed by atoms with Crippen LogP contribution in [0.4, 0.5) is 11.4 Å². The van der Waals surface area contributed by atoms with Gasteiger partial charge in [-0.2, -0.15) is 0 Å². The van der Waals surface area contributed by atoms with Gasteiger partial charge in [-0.15, -0.1) is 0 Å². The normalized spacial score (nSPS) is 12.5. The number of hydrogen-bond donors (Lipinski definition) is 5. The van der Waals surface area contributed by atoms with Crippen molar-refractivity contribution in [3.63, 3.8) is 0 Å². The van der Waals surface area contributed by atoms with Crippen LogP contribution in [0.2, 0.25) is 35.2 Å². The molecule has 1 aliphatic rings. The van der Waals surface area contributed by atoms with E-state index in [2.05, 4.69) is 221 Å². The molecular weight excluding hydrogens is 1940 g/mol. The quantitative estimate of drug-likeness (QED) is 0.0333. The number of nitrogens with one attached hydrogen (secondary N) is 1. The molecule has 19 aromatic carbocycles. The fourth-order valence-corrected chi connectivity index (χ4v) is 19.3. The van der Waals surface area contributed by atoms with Crippen LogP contribution in [0, 0.1) is 0 Å². The van der Waals surface area contributed by atoms with Crippen LogP contribution < -0.4 is 22.4 Å². The number of carbonyl (C=O) groups excluding carboxylic acids is 2. The summed E-state index contributed by atoms with van der Waals surface area (Å²) >= 11 is 46.0. The van der Waals surface area contributed by atoms with Crippen LogP contribution in [0.25, 0.3) is 175 Å². The van der Waals surface area contributed by atoms with Crippen LogP contribution in [0.15, 0.2) is 375 Å². The first-order chi connectivity index (χ1) is 67.2. The summed E-state index contributed by atoms with van der Waals surface area (Å²) in [6.07, 6.45) is 1.70. The third-order valence-corrected chi connectivity index (χ3v) is 27.8. The zero-order valence-electron chi connectivity index (χ0n) is 75.0. The van der Waals surface area contributed by atoms with Gasteiger partial charge in [0.2, 0.25) is 0 Å². The molecule has 0 spiro atoms. The molecular formula is C115H82B2BrCl7N8O6. The van der Waals surface area contributed by atoms with E-state index in [-0.39, 0.29) is 16.7 Å². The van der Waals surface area contributed by atoms with Crippen molar-refractivity contribution in [1.82, 2.24) is 28.7 Å². The molecule has 1 fully saturated rings. The first-order valence-corrected chi connectivity index (χ1v) is 47.9. The van der Waals surface area contributed by atoms with Gasteiger partial charge in [-0.25, -0.2) is 15.0 Å². The van der Waals surface area contributed by atoms with Crippen molar-refractivity contribution in [3.8, 4) is 33.6 Å². The minimum Gasteiger partial charge on any atom is -0.423 e. The lowest BCUT2D eigenvalue weighted by Gasteiger charge is -2.32. The Morgan fingerprint density at radius 1 is 0.345 bits per heavy atom. The maximum absolute atomic E-state index is 11.4. The number of aldehydes is 2. The molecule has 14 nitrogen and oxygen atoms in total. The number of imidazole rings is 3. The Hall–Kier alpha value is -13.7. The average molecular weight is 2020 g/mol. The molecule has 6 heterocycles. The number of aromatic nitrogens is 6. The van der Waals surface area contributed by atoms with Crippen LogP contribution in [0.5, 0.6) is 0 Å². The van der Waals surface area contributed by atoms with Crippen molar-refractivity contribution in [3.05, 3.63) is 421 Å². The number of aromatic amines is 1. The number of carbonyl (C=O) groups is 2. The Kier molecular flexibility index (Phi) is 27.2. The van der Waals surface area contributed by atoms with E-state index in [0.717, 1.165) is 165 Å². The van der Waals surface area contributed by atoms with Crippen molar-refractivity contribution in [2.75, 3.05) is 11.5 Å². The van der Waals surface area contributed by atoms with Gasteiger partial charge in [0.1, 0.15) is 17.1 Å². The van der Waals surface area contributed by atoms with Crippen molar-refractivity contribution in [2.45, 2.75) is 38.9 Å². The Bertz CT molecular complexity index is 8900. The molecule has 680 valence electrons. The van der Waals surface area contributed by atoms with E-state index in [4.69, 9.17) is 127 Å². The molecule has 0 unspecified atom stereocenters. The highest BCUT2D eigenvalue weighted by molar-refractivity contribution is 9.10. The molecule has 24 aromatic rings. The topological polar surface area (TPSA) is 208 Å². The first kappa shape index (κ1) is 94.3. The van der Waals surface area contributed by atoms with Crippen LogP contribution in [0.1, 0.15) is 48.4 Å². The van der Waals surface area contributed by atoms with E-state index < -0.39 is 14.2 Å². The second kappa shape index (κ2) is 40.0. The molecule has 0 aliphatic carbocycles. The predicted octanol–water partition coefficient (Wildman–Crippen LogP) is 30.8. The van der Waals surface area contributed by atoms with Gasteiger partial charge in [0, 0.05) is 94.5 Å². The summed E-state index contributed by atoms with van der Waals surface area (Å²) in [5.41, 5.74) is 28.7. The van der Waals surface area contributed by atoms with Gasteiger partial charge < -0.3 is 35.8 Å². The minimum absolute atomic E-state index is 0.221. The number of para-hydroxylation sites is 8. The molecule has 0 saturated carbocycles. The van der Waals surface area contributed by atoms with Crippen LogP contribution >= 0.6 is 97.1 Å². The monoisotopic (exact) mass is 2020 g/mol. The fourth-order valence-electron chi connectivity index (χ4n) is 17.5. The number of hydrogen-bond acceptors (Lipinski definition) is 11. The number of fused-ring (bicyclic) bond motifs is 22. The highest BCUT2D eigenvalue weighted by atomic mass is 79.9. The molecule has 1 saturated heterocycles. The van der Waals surface area contributed by atoms with Gasteiger partial charge in [-0.05, 0) is 297 Å². The summed E-state index contributed by atoms with van der Waals surface area (Å²) < 4.78 is 18.1. The number of anilines is 2. The van der Waals surface area contributed by atoms with Crippen LogP contribution in [-0.4, -0.2) is 76.8 Å². The van der Waals surface area contributed by atoms with E-state index in [9.17, 15) is 9.59 Å². The lowest BCUT2D eigenvalue weighted by molar-refractivity contribution is 0.00578. The van der Waals surface area contributed by atoms with Gasteiger partial charge in [0.15, 0.2) is 12.6 Å². The zero-order chi connectivity index (χ0) is 96.7. The van der Waals surface area contributed by atoms with Crippen molar-refractivity contribution >= 4 is 288 Å². The summed E-state index contributed by atoms with van der Waals surface area (Å²) in [7, 11) is -1.97. The molecule has 0 amide bonds. The first-order valence-electron chi connectivity index (χ1n) is 44.5. The van der Waals surface area contributed by atoms with Gasteiger partial charge in [0.25, 0.3) is 0 Å². The molecule has 25 rings (SSSR count). The summed E-state index contributed by atoms with van der Waals surface area (Å²) in [6, 6.07) is 122. The highest BCUT2D eigenvalue weighted by Gasteiger charge is 2.52. The number of halogens is 8. The van der Waals surface area contributed by atoms with Gasteiger partial charge in [-0.3, -0.25) is 18.4 Å². The van der Waals surface area contributed by atoms with E-state index in [1.54, 1.807) is 42.5 Å². The molecule has 0 radical (unpaired) electrons. The molecule has 5 aromatic heterocycles. The largest absolute Gasteiger partial charge is 0.494 e. The molecule has 0 atom stereocenters. The standard InChI is InChI=1S/C29H25BN2O2.C23H14Cl2N2.C23H13ClN2.C17H10Cl2O.C11H7BrO.C6H5BCl2O2.C6H8N2/c1-28(2)29(3,4)34-30(33-28)20-13-14-25-22(17-20)21-15-18-9-5-6-10-19(18)16-23(21)27-31-24-11-7-8-12-26(24)32(25)27;24-16-9-10-20(25)18(13-16)17-11-14-5-1-2-6-15(14)12-19(17)23-26-21-7-3-4-8-22(21)27-23;24-16-9-10-21-18(13-16)17-11-14-5-1-2-6-15(14)12-19(17)23-25-20-7-3-4-8-22(20)26(21)23;18-14-5-6-17(19)16(9-14)15-8-12-4-2-1-3-11(12)7-13(15)10-20;12-11-6-9-4-2-1-3-8(9)5-10(11)7-13;8-4-1-2-6(9)5(3-4)7(10)11;7-5-3-1-2-4-6(5)8/h5-17H,1-4H3;1-13H,(H,26,27);1-13H;1-10H;1-7H;1-3,10-11H;1-4H,7-8H2. The van der Waals surface area contributed by atoms with E-state index in [0.29, 0.717) is 52.6 Å². The molecule has 24 heteroatoms. The number of rotatable bonds is 7. The highest BCUT2D eigenvalue weighted by Crippen LogP contribution is 2.44. The number of H-pyrrole nitrogens is 1. The van der Waals surface area contributed by atoms with Gasteiger partial charge in [-0.1, -0.05) is 279 Å². The lowest BCUT2D eigenvalue weighted by Crippen LogP contribution is -2.41. The summed E-state index contributed by atoms with van der Waals surface area (Å²) in [4.78, 5) is 40.2. The maximum atomic E-state index is 11.4. The second-order valence-electron chi connectivity index (χ2n) is 34.5. The predicted molar refractivity (Wildman–Crippen MR) is 589 cm³/mol. The Balaban J connectivity index is 0.000000108. The number of benzene rings is 19. The SMILES string of the molecule is CC1(C)OB(c2ccc3c(c2)c2cc4ccccc4cc2c2nc4ccccc4n32)OC1(C)C.Clc1ccc(Cl)c(-c2cc3ccccc3cc2-c2nc3ccccc3[nH]2)c1.Clc1ccc2c(c1)c1cc3ccccc3cc1c1nc3ccccc3n21.Nc1ccccc1N.O=Cc1cc2ccccc2cc1-c1cc(Cl)ccc1Cl.O=Cc1cc2ccccc2cc1Br.OB(O)c1cc(Cl)ccc1Cl. The van der Waals surface area contributed by atoms with Crippen molar-refractivity contribution < 1.29 is 28.9 Å². The Morgan fingerprint density at radius 3 is 1.18 bits per heavy atom. The van der Waals surface area contributed by atoms with Crippen LogP contribution in [-0.2, 0) is 9.31 Å². The molecule has 0 bridgehead atoms. The zero-order valence-corrected chi connectivity index (χ0v) is 81.8. The molecule has 7 N–H and O–H groups in total. The molecule has 139 heavy (non-hydrogen) atoms. The fraction of sp³-hybridized carbons (Fsp3) is 0.0522. The Morgan fingerprint density at radius 2 is 0.712 bits per heavy atom. The summed E-state index contributed by atoms with van der Waals surface area (Å²) in [6.45, 7) is 8.38. The number of nitrogens with zero attached hydrogens (tertiary/aromatic N) is 5. The summed E-state index contributed by atoms with van der Waals surface area (Å²) in [5.74, 6) is 0.813. The smallest absolute Gasteiger partial charge is 0.423 e. The van der Waals surface area contributed by atoms with Crippen molar-refractivity contribution in [1.29, 1.82) is 0 Å². The van der Waals surface area contributed by atoms with E-state index in [1.165, 1.54) is 49.8 Å². The third kappa shape index (κ3) is 19.4. The Labute approximate surface area is 843 Å². The van der Waals surface area contributed by atoms with Gasteiger partial charge >= 0.3 is 14.2 Å². The molecule has 1 aliphatic heterocycles. The minimum atomic E-state index is -1.57. The van der Waals surface area contributed by atoms with Gasteiger partial charge in [0.05, 0.1) is 66.7 Å². The summed E-state index contributed by atoms with van der Waals surface area (Å²) in [5, 5.41) is 39.9. The number of pyridine rings is 2. The lowest BCUT2D eigenvalue weighted by atomic mass is 9.78.